The molecule has 1 N–H and O–H groups in total. The lowest BCUT2D eigenvalue weighted by Crippen LogP contribution is -2.28. The maximum Gasteiger partial charge on any atom is 0.0491 e. The van der Waals surface area contributed by atoms with Crippen LogP contribution in [0.4, 0.5) is 0 Å². The van der Waals surface area contributed by atoms with Crippen LogP contribution in [0, 0.1) is 11.8 Å². The maximum atomic E-state index is 5.26. The average Bonchev–Trinajstić information content (AvgIpc) is 2.31. The number of nitrogens with one attached hydrogen (secondary N) is 1. The Morgan fingerprint density at radius 2 is 2.06 bits per heavy atom. The summed E-state index contributed by atoms with van der Waals surface area (Å²) in [6, 6.07) is 8.44. The molecule has 1 aromatic carbocycles. The molecule has 3 heteroatoms. The number of halogens is 1. The lowest BCUT2D eigenvalue weighted by molar-refractivity contribution is 0.129. The van der Waals surface area contributed by atoms with Gasteiger partial charge in [0.25, 0.3) is 0 Å². The predicted molar refractivity (Wildman–Crippen MR) is 76.3 cm³/mol. The number of methoxy groups -OCH3 is 1. The molecule has 0 aromatic heterocycles. The van der Waals surface area contributed by atoms with Crippen LogP contribution in [-0.2, 0) is 11.2 Å². The molecule has 0 aliphatic carbocycles. The molecule has 0 aliphatic rings. The minimum atomic E-state index is 0.555. The zero-order valence-electron chi connectivity index (χ0n) is 10.9. The first-order valence-electron chi connectivity index (χ1n) is 6.06. The van der Waals surface area contributed by atoms with Crippen molar-refractivity contribution in [2.75, 3.05) is 27.3 Å². The van der Waals surface area contributed by atoms with Gasteiger partial charge in [-0.2, -0.15) is 0 Å². The topological polar surface area (TPSA) is 21.3 Å². The van der Waals surface area contributed by atoms with Crippen molar-refractivity contribution >= 4 is 15.9 Å². The summed E-state index contributed by atoms with van der Waals surface area (Å²) < 4.78 is 6.46. The zero-order chi connectivity index (χ0) is 12.7. The van der Waals surface area contributed by atoms with Crippen LogP contribution in [0.15, 0.2) is 28.7 Å². The molecule has 0 saturated carbocycles. The van der Waals surface area contributed by atoms with Crippen LogP contribution in [0.3, 0.4) is 0 Å². The molecule has 2 nitrogen and oxygen atoms in total. The highest BCUT2D eigenvalue weighted by molar-refractivity contribution is 9.10. The second-order valence-electron chi connectivity index (χ2n) is 4.55. The van der Waals surface area contributed by atoms with E-state index in [1.165, 1.54) is 10.0 Å². The van der Waals surface area contributed by atoms with Crippen molar-refractivity contribution in [1.82, 2.24) is 5.32 Å². The Balaban J connectivity index is 2.69. The molecule has 0 amide bonds. The van der Waals surface area contributed by atoms with Crippen LogP contribution in [0.25, 0.3) is 0 Å². The summed E-state index contributed by atoms with van der Waals surface area (Å²) in [6.07, 6.45) is 1.08. The normalized spacial score (nSPS) is 14.6. The molecular weight excluding hydrogens is 278 g/mol. The Hall–Kier alpha value is -0.380. The molecule has 0 radical (unpaired) electrons. The van der Waals surface area contributed by atoms with E-state index >= 15 is 0 Å². The summed E-state index contributed by atoms with van der Waals surface area (Å²) in [5.41, 5.74) is 1.37. The Kier molecular flexibility index (Phi) is 6.78. The minimum Gasteiger partial charge on any atom is -0.384 e. The molecule has 0 spiro atoms. The van der Waals surface area contributed by atoms with E-state index < -0.39 is 0 Å². The van der Waals surface area contributed by atoms with Gasteiger partial charge in [0.1, 0.15) is 0 Å². The van der Waals surface area contributed by atoms with Crippen LogP contribution in [0.1, 0.15) is 12.5 Å². The molecule has 0 fully saturated rings. The molecule has 2 unspecified atom stereocenters. The van der Waals surface area contributed by atoms with Gasteiger partial charge < -0.3 is 10.1 Å². The molecule has 0 bridgehead atoms. The first-order valence-corrected chi connectivity index (χ1v) is 6.85. The van der Waals surface area contributed by atoms with Crippen molar-refractivity contribution < 1.29 is 4.74 Å². The van der Waals surface area contributed by atoms with Crippen LogP contribution in [-0.4, -0.2) is 27.3 Å². The van der Waals surface area contributed by atoms with E-state index in [0.717, 1.165) is 19.6 Å². The van der Waals surface area contributed by atoms with Crippen LogP contribution >= 0.6 is 15.9 Å². The van der Waals surface area contributed by atoms with Crippen molar-refractivity contribution in [2.45, 2.75) is 13.3 Å². The molecule has 0 heterocycles. The van der Waals surface area contributed by atoms with E-state index in [-0.39, 0.29) is 0 Å². The van der Waals surface area contributed by atoms with E-state index in [2.05, 4.69) is 52.4 Å². The first-order chi connectivity index (χ1) is 8.19. The highest BCUT2D eigenvalue weighted by Crippen LogP contribution is 2.23. The van der Waals surface area contributed by atoms with Gasteiger partial charge in [-0.1, -0.05) is 41.1 Å². The predicted octanol–water partition coefficient (Wildman–Crippen LogP) is 3.11. The standard InChI is InChI=1S/C14H22BrNO/c1-11(10-17-3)13(9-16-2)8-12-6-4-5-7-14(12)15/h4-7,11,13,16H,8-10H2,1-3H3. The lowest BCUT2D eigenvalue weighted by Gasteiger charge is -2.23. The second-order valence-corrected chi connectivity index (χ2v) is 5.40. The average molecular weight is 300 g/mol. The third-order valence-electron chi connectivity index (χ3n) is 3.14. The largest absolute Gasteiger partial charge is 0.384 e. The molecule has 1 rings (SSSR count). The third kappa shape index (κ3) is 4.78. The quantitative estimate of drug-likeness (QED) is 0.835. The minimum absolute atomic E-state index is 0.555. The maximum absolute atomic E-state index is 5.26. The lowest BCUT2D eigenvalue weighted by atomic mass is 9.88. The summed E-state index contributed by atoms with van der Waals surface area (Å²) >= 11 is 3.61. The van der Waals surface area contributed by atoms with Crippen molar-refractivity contribution in [2.24, 2.45) is 11.8 Å². The van der Waals surface area contributed by atoms with Gasteiger partial charge in [0.15, 0.2) is 0 Å². The van der Waals surface area contributed by atoms with Crippen LogP contribution in [0.2, 0.25) is 0 Å². The first kappa shape index (κ1) is 14.7. The van der Waals surface area contributed by atoms with Crippen LogP contribution < -0.4 is 5.32 Å². The number of rotatable bonds is 7. The number of hydrogen-bond donors (Lipinski definition) is 1. The Morgan fingerprint density at radius 3 is 2.65 bits per heavy atom. The van der Waals surface area contributed by atoms with E-state index in [0.29, 0.717) is 11.8 Å². The van der Waals surface area contributed by atoms with E-state index in [1.54, 1.807) is 7.11 Å². The summed E-state index contributed by atoms with van der Waals surface area (Å²) in [7, 11) is 3.78. The van der Waals surface area contributed by atoms with Gasteiger partial charge in [-0.05, 0) is 43.5 Å². The third-order valence-corrected chi connectivity index (χ3v) is 3.91. The Bertz CT molecular complexity index is 330. The summed E-state index contributed by atoms with van der Waals surface area (Å²) in [4.78, 5) is 0. The fourth-order valence-corrected chi connectivity index (χ4v) is 2.53. The van der Waals surface area contributed by atoms with Gasteiger partial charge in [0.05, 0.1) is 0 Å². The van der Waals surface area contributed by atoms with Crippen molar-refractivity contribution in [3.8, 4) is 0 Å². The molecule has 96 valence electrons. The van der Waals surface area contributed by atoms with Gasteiger partial charge in [0, 0.05) is 18.2 Å². The fraction of sp³-hybridized carbons (Fsp3) is 0.571. The molecule has 0 aliphatic heterocycles. The smallest absolute Gasteiger partial charge is 0.0491 e. The molecular formula is C14H22BrNO. The number of benzene rings is 1. The van der Waals surface area contributed by atoms with E-state index in [9.17, 15) is 0 Å². The van der Waals surface area contributed by atoms with Gasteiger partial charge in [-0.15, -0.1) is 0 Å². The number of ether oxygens (including phenoxy) is 1. The summed E-state index contributed by atoms with van der Waals surface area (Å²) in [6.45, 7) is 4.09. The highest BCUT2D eigenvalue weighted by atomic mass is 79.9. The fourth-order valence-electron chi connectivity index (χ4n) is 2.08. The molecule has 1 aromatic rings. The van der Waals surface area contributed by atoms with E-state index in [4.69, 9.17) is 4.74 Å². The summed E-state index contributed by atoms with van der Waals surface area (Å²) in [5.74, 6) is 1.15. The summed E-state index contributed by atoms with van der Waals surface area (Å²) in [5, 5.41) is 3.28. The van der Waals surface area contributed by atoms with Gasteiger partial charge >= 0.3 is 0 Å². The van der Waals surface area contributed by atoms with E-state index in [1.807, 2.05) is 7.05 Å². The zero-order valence-corrected chi connectivity index (χ0v) is 12.5. The van der Waals surface area contributed by atoms with Crippen LogP contribution in [0.5, 0.6) is 0 Å². The Labute approximate surface area is 113 Å². The molecule has 17 heavy (non-hydrogen) atoms. The number of hydrogen-bond acceptors (Lipinski definition) is 2. The molecule has 0 saturated heterocycles. The monoisotopic (exact) mass is 299 g/mol. The Morgan fingerprint density at radius 1 is 1.35 bits per heavy atom. The van der Waals surface area contributed by atoms with Crippen molar-refractivity contribution in [1.29, 1.82) is 0 Å². The van der Waals surface area contributed by atoms with Gasteiger partial charge in [-0.25, -0.2) is 0 Å². The van der Waals surface area contributed by atoms with Gasteiger partial charge in [-0.3, -0.25) is 0 Å². The highest BCUT2D eigenvalue weighted by Gasteiger charge is 2.18. The van der Waals surface area contributed by atoms with Gasteiger partial charge in [0.2, 0.25) is 0 Å². The van der Waals surface area contributed by atoms with Crippen molar-refractivity contribution in [3.05, 3.63) is 34.3 Å². The molecule has 2 atom stereocenters. The SMILES string of the molecule is CNCC(Cc1ccccc1Br)C(C)COC. The second kappa shape index (κ2) is 7.85. The van der Waals surface area contributed by atoms with Crippen molar-refractivity contribution in [3.63, 3.8) is 0 Å².